The van der Waals surface area contributed by atoms with Crippen LogP contribution < -0.4 is 5.63 Å². The summed E-state index contributed by atoms with van der Waals surface area (Å²) in [6.45, 7) is 2.00. The molecule has 134 valence electrons. The molecule has 0 aliphatic rings. The molecule has 1 heterocycles. The molecule has 0 radical (unpaired) electrons. The number of rotatable bonds is 4. The van der Waals surface area contributed by atoms with Gasteiger partial charge in [-0.2, -0.15) is 0 Å². The first-order valence-electron chi connectivity index (χ1n) is 9.09. The molecule has 0 aliphatic heterocycles. The largest absolute Gasteiger partial charge is 0.507 e. The molecule has 1 atom stereocenters. The first kappa shape index (κ1) is 17.1. The van der Waals surface area contributed by atoms with Gasteiger partial charge < -0.3 is 9.52 Å². The minimum absolute atomic E-state index is 0.0147. The van der Waals surface area contributed by atoms with Crippen LogP contribution in [0.1, 0.15) is 30.4 Å². The van der Waals surface area contributed by atoms with E-state index in [2.05, 4.69) is 12.1 Å². The first-order valence-corrected chi connectivity index (χ1v) is 9.09. The van der Waals surface area contributed by atoms with E-state index in [0.29, 0.717) is 23.0 Å². The minimum Gasteiger partial charge on any atom is -0.507 e. The predicted octanol–water partition coefficient (Wildman–Crippen LogP) is 5.71. The topological polar surface area (TPSA) is 50.4 Å². The molecule has 0 bridgehead atoms. The second-order valence-electron chi connectivity index (χ2n) is 6.60. The van der Waals surface area contributed by atoms with Gasteiger partial charge in [0.1, 0.15) is 11.3 Å². The second-order valence-corrected chi connectivity index (χ2v) is 6.60. The molecule has 3 aromatic carbocycles. The fourth-order valence-corrected chi connectivity index (χ4v) is 3.60. The molecule has 4 rings (SSSR count). The third kappa shape index (κ3) is 3.13. The number of hydrogen-bond acceptors (Lipinski definition) is 3. The predicted molar refractivity (Wildman–Crippen MR) is 108 cm³/mol. The molecule has 3 heteroatoms. The van der Waals surface area contributed by atoms with Gasteiger partial charge >= 0.3 is 5.63 Å². The summed E-state index contributed by atoms with van der Waals surface area (Å²) in [6, 6.07) is 25.3. The fourth-order valence-electron chi connectivity index (χ4n) is 3.60. The van der Waals surface area contributed by atoms with Crippen LogP contribution in [0.15, 0.2) is 88.1 Å². The lowest BCUT2D eigenvalue weighted by atomic mass is 9.88. The van der Waals surface area contributed by atoms with E-state index in [-0.39, 0.29) is 11.7 Å². The molecular formula is C24H20O3. The van der Waals surface area contributed by atoms with Crippen molar-refractivity contribution in [1.82, 2.24) is 0 Å². The Balaban J connectivity index is 1.79. The van der Waals surface area contributed by atoms with Gasteiger partial charge in [0.15, 0.2) is 0 Å². The zero-order valence-electron chi connectivity index (χ0n) is 15.1. The van der Waals surface area contributed by atoms with Crippen LogP contribution in [0.3, 0.4) is 0 Å². The number of para-hydroxylation sites is 1. The van der Waals surface area contributed by atoms with E-state index in [9.17, 15) is 9.90 Å². The zero-order chi connectivity index (χ0) is 18.8. The zero-order valence-corrected chi connectivity index (χ0v) is 15.1. The molecule has 0 saturated carbocycles. The Morgan fingerprint density at radius 1 is 0.852 bits per heavy atom. The number of fused-ring (bicyclic) bond motifs is 1. The van der Waals surface area contributed by atoms with E-state index in [1.807, 2.05) is 55.5 Å². The van der Waals surface area contributed by atoms with Crippen LogP contribution >= 0.6 is 0 Å². The molecule has 0 fully saturated rings. The Bertz CT molecular complexity index is 1130. The van der Waals surface area contributed by atoms with Gasteiger partial charge in [-0.1, -0.05) is 73.7 Å². The van der Waals surface area contributed by atoms with Crippen LogP contribution in [0, 0.1) is 0 Å². The Morgan fingerprint density at radius 3 is 2.19 bits per heavy atom. The molecule has 1 aromatic heterocycles. The van der Waals surface area contributed by atoms with Crippen LogP contribution in [0.2, 0.25) is 0 Å². The van der Waals surface area contributed by atoms with Crippen molar-refractivity contribution < 1.29 is 9.52 Å². The van der Waals surface area contributed by atoms with E-state index in [1.54, 1.807) is 18.2 Å². The van der Waals surface area contributed by atoms with Crippen molar-refractivity contribution in [1.29, 1.82) is 0 Å². The molecule has 0 saturated heterocycles. The van der Waals surface area contributed by atoms with Crippen LogP contribution in [0.5, 0.6) is 5.75 Å². The maximum Gasteiger partial charge on any atom is 0.343 e. The lowest BCUT2D eigenvalue weighted by molar-refractivity contribution is 0.450. The van der Waals surface area contributed by atoms with Crippen LogP contribution in [0.4, 0.5) is 0 Å². The van der Waals surface area contributed by atoms with Crippen LogP contribution in [-0.4, -0.2) is 5.11 Å². The highest BCUT2D eigenvalue weighted by Gasteiger charge is 2.23. The van der Waals surface area contributed by atoms with Crippen molar-refractivity contribution in [2.75, 3.05) is 0 Å². The van der Waals surface area contributed by atoms with Gasteiger partial charge in [-0.3, -0.25) is 0 Å². The molecular weight excluding hydrogens is 336 g/mol. The molecule has 3 nitrogen and oxygen atoms in total. The van der Waals surface area contributed by atoms with Gasteiger partial charge in [0.2, 0.25) is 0 Å². The van der Waals surface area contributed by atoms with Gasteiger partial charge in [0, 0.05) is 5.92 Å². The summed E-state index contributed by atoms with van der Waals surface area (Å²) >= 11 is 0. The van der Waals surface area contributed by atoms with E-state index >= 15 is 0 Å². The summed E-state index contributed by atoms with van der Waals surface area (Å²) in [6.07, 6.45) is 0.682. The molecule has 27 heavy (non-hydrogen) atoms. The van der Waals surface area contributed by atoms with Crippen LogP contribution in [-0.2, 0) is 0 Å². The Labute approximate surface area is 157 Å². The van der Waals surface area contributed by atoms with Crippen molar-refractivity contribution in [2.24, 2.45) is 0 Å². The van der Waals surface area contributed by atoms with Crippen molar-refractivity contribution >= 4 is 11.0 Å². The summed E-state index contributed by atoms with van der Waals surface area (Å²) in [5.74, 6) is -0.212. The normalized spacial score (nSPS) is 12.2. The minimum atomic E-state index is -0.481. The lowest BCUT2D eigenvalue weighted by Gasteiger charge is -2.17. The summed E-state index contributed by atoms with van der Waals surface area (Å²) in [4.78, 5) is 12.6. The lowest BCUT2D eigenvalue weighted by Crippen LogP contribution is -2.13. The number of benzene rings is 3. The van der Waals surface area contributed by atoms with Gasteiger partial charge in [0.25, 0.3) is 0 Å². The standard InChI is InChI=1S/C24H20O3/c1-2-19(18-14-12-17(13-15-18)16-8-4-3-5-9-16)22-23(25)20-10-6-7-11-21(20)27-24(22)26/h3-15,19,25H,2H2,1H3. The second kappa shape index (κ2) is 7.12. The first-order chi connectivity index (χ1) is 13.2. The average Bonchev–Trinajstić information content (AvgIpc) is 2.72. The average molecular weight is 356 g/mol. The molecule has 0 spiro atoms. The van der Waals surface area contributed by atoms with Crippen LogP contribution in [0.25, 0.3) is 22.1 Å². The SMILES string of the molecule is CCC(c1ccc(-c2ccccc2)cc1)c1c(O)c2ccccc2oc1=O. The van der Waals surface area contributed by atoms with E-state index in [1.165, 1.54) is 0 Å². The molecule has 1 unspecified atom stereocenters. The molecule has 4 aromatic rings. The van der Waals surface area contributed by atoms with Crippen molar-refractivity contribution in [3.63, 3.8) is 0 Å². The summed E-state index contributed by atoms with van der Waals surface area (Å²) in [5, 5.41) is 11.3. The number of hydrogen-bond donors (Lipinski definition) is 1. The highest BCUT2D eigenvalue weighted by Crippen LogP contribution is 2.36. The highest BCUT2D eigenvalue weighted by atomic mass is 16.4. The van der Waals surface area contributed by atoms with E-state index in [0.717, 1.165) is 16.7 Å². The summed E-state index contributed by atoms with van der Waals surface area (Å²) in [7, 11) is 0. The van der Waals surface area contributed by atoms with Gasteiger partial charge in [-0.15, -0.1) is 0 Å². The van der Waals surface area contributed by atoms with Gasteiger partial charge in [-0.25, -0.2) is 4.79 Å². The number of aromatic hydroxyl groups is 1. The van der Waals surface area contributed by atoms with Gasteiger partial charge in [-0.05, 0) is 35.2 Å². The highest BCUT2D eigenvalue weighted by molar-refractivity contribution is 5.84. The maximum atomic E-state index is 12.6. The molecule has 0 aliphatic carbocycles. The van der Waals surface area contributed by atoms with Crippen molar-refractivity contribution in [2.45, 2.75) is 19.3 Å². The Morgan fingerprint density at radius 2 is 1.48 bits per heavy atom. The molecule has 0 amide bonds. The van der Waals surface area contributed by atoms with E-state index in [4.69, 9.17) is 4.42 Å². The Hall–Kier alpha value is -3.33. The quantitative estimate of drug-likeness (QED) is 0.477. The third-order valence-corrected chi connectivity index (χ3v) is 5.00. The third-order valence-electron chi connectivity index (χ3n) is 5.00. The molecule has 1 N–H and O–H groups in total. The smallest absolute Gasteiger partial charge is 0.343 e. The maximum absolute atomic E-state index is 12.6. The fraction of sp³-hybridized carbons (Fsp3) is 0.125. The van der Waals surface area contributed by atoms with E-state index < -0.39 is 5.63 Å². The summed E-state index contributed by atoms with van der Waals surface area (Å²) < 4.78 is 5.46. The summed E-state index contributed by atoms with van der Waals surface area (Å²) in [5.41, 5.74) is 3.48. The van der Waals surface area contributed by atoms with Crippen molar-refractivity contribution in [3.05, 3.63) is 100 Å². The van der Waals surface area contributed by atoms with Crippen molar-refractivity contribution in [3.8, 4) is 16.9 Å². The monoisotopic (exact) mass is 356 g/mol. The Kier molecular flexibility index (Phi) is 4.51. The van der Waals surface area contributed by atoms with Gasteiger partial charge in [0.05, 0.1) is 10.9 Å².